The number of carbonyl (C=O) groups excluding carboxylic acids is 2. The van der Waals surface area contributed by atoms with E-state index < -0.39 is 4.92 Å². The lowest BCUT2D eigenvalue weighted by molar-refractivity contribution is -0.386. The molecule has 0 heterocycles. The largest absolute Gasteiger partial charge is 0.487 e. The summed E-state index contributed by atoms with van der Waals surface area (Å²) in [5, 5.41) is 10.9. The van der Waals surface area contributed by atoms with E-state index in [1.165, 1.54) is 18.2 Å². The van der Waals surface area contributed by atoms with Gasteiger partial charge in [0.05, 0.1) is 23.7 Å². The highest BCUT2D eigenvalue weighted by Gasteiger charge is 2.20. The van der Waals surface area contributed by atoms with Crippen LogP contribution in [0.15, 0.2) is 18.2 Å². The Labute approximate surface area is 115 Å². The minimum absolute atomic E-state index is 0.0171. The number of hydrogen-bond acceptors (Lipinski definition) is 6. The number of nitro benzene ring substituents is 1. The van der Waals surface area contributed by atoms with E-state index in [0.29, 0.717) is 19.3 Å². The van der Waals surface area contributed by atoms with Crippen molar-refractivity contribution in [3.05, 3.63) is 33.9 Å². The lowest BCUT2D eigenvalue weighted by Crippen LogP contribution is -2.07. The summed E-state index contributed by atoms with van der Waals surface area (Å²) in [4.78, 5) is 32.1. The van der Waals surface area contributed by atoms with Crippen LogP contribution in [0.1, 0.15) is 30.1 Å². The van der Waals surface area contributed by atoms with Crippen molar-refractivity contribution in [2.45, 2.75) is 19.8 Å². The molecule has 0 aliphatic carbocycles. The molecule has 1 aromatic rings. The average Bonchev–Trinajstić information content (AvgIpc) is 2.43. The van der Waals surface area contributed by atoms with Gasteiger partial charge in [0.15, 0.2) is 12.0 Å². The fourth-order valence-electron chi connectivity index (χ4n) is 1.58. The molecular weight excluding hydrogens is 266 g/mol. The molecule has 0 aliphatic heterocycles. The predicted molar refractivity (Wildman–Crippen MR) is 69.8 cm³/mol. The molecule has 7 nitrogen and oxygen atoms in total. The monoisotopic (exact) mass is 281 g/mol. The maximum atomic E-state index is 11.1. The average molecular weight is 281 g/mol. The standard InChI is InChI=1S/C13H15NO6/c1-2-19-12(16)7-4-8-20-11-6-3-5-10(9-15)13(11)14(17)18/h3,5-6,9H,2,4,7-8H2,1H3. The minimum atomic E-state index is -0.662. The summed E-state index contributed by atoms with van der Waals surface area (Å²) in [6.07, 6.45) is 0.958. The van der Waals surface area contributed by atoms with Gasteiger partial charge < -0.3 is 9.47 Å². The quantitative estimate of drug-likeness (QED) is 0.238. The Bertz CT molecular complexity index is 500. The number of aldehydes is 1. The summed E-state index contributed by atoms with van der Waals surface area (Å²) in [6, 6.07) is 4.25. The molecule has 0 saturated heterocycles. The number of ether oxygens (including phenoxy) is 2. The molecule has 0 fully saturated rings. The smallest absolute Gasteiger partial charge is 0.321 e. The van der Waals surface area contributed by atoms with Crippen LogP contribution in [0.4, 0.5) is 5.69 Å². The molecular formula is C13H15NO6. The number of rotatable bonds is 8. The summed E-state index contributed by atoms with van der Waals surface area (Å²) in [7, 11) is 0. The molecule has 0 unspecified atom stereocenters. The van der Waals surface area contributed by atoms with E-state index in [-0.39, 0.29) is 36.0 Å². The number of para-hydroxylation sites is 1. The second kappa shape index (κ2) is 7.88. The molecule has 108 valence electrons. The van der Waals surface area contributed by atoms with Gasteiger partial charge in [0.1, 0.15) is 0 Å². The normalized spacial score (nSPS) is 9.85. The van der Waals surface area contributed by atoms with Crippen LogP contribution in [0.3, 0.4) is 0 Å². The van der Waals surface area contributed by atoms with Crippen LogP contribution in [0.2, 0.25) is 0 Å². The zero-order valence-corrected chi connectivity index (χ0v) is 11.0. The molecule has 0 radical (unpaired) electrons. The molecule has 0 saturated carbocycles. The number of nitro groups is 1. The highest BCUT2D eigenvalue weighted by Crippen LogP contribution is 2.29. The first-order valence-electron chi connectivity index (χ1n) is 6.11. The van der Waals surface area contributed by atoms with Crippen molar-refractivity contribution in [1.82, 2.24) is 0 Å². The lowest BCUT2D eigenvalue weighted by atomic mass is 10.2. The van der Waals surface area contributed by atoms with Crippen LogP contribution >= 0.6 is 0 Å². The fourth-order valence-corrected chi connectivity index (χ4v) is 1.58. The van der Waals surface area contributed by atoms with E-state index in [1.807, 2.05) is 0 Å². The Morgan fingerprint density at radius 3 is 2.80 bits per heavy atom. The molecule has 20 heavy (non-hydrogen) atoms. The molecule has 0 N–H and O–H groups in total. The topological polar surface area (TPSA) is 95.7 Å². The van der Waals surface area contributed by atoms with Crippen LogP contribution < -0.4 is 4.74 Å². The van der Waals surface area contributed by atoms with Gasteiger partial charge in [0, 0.05) is 6.42 Å². The van der Waals surface area contributed by atoms with Crippen molar-refractivity contribution in [2.75, 3.05) is 13.2 Å². The molecule has 0 aromatic heterocycles. The molecule has 1 aromatic carbocycles. The van der Waals surface area contributed by atoms with Crippen LogP contribution in [0.25, 0.3) is 0 Å². The van der Waals surface area contributed by atoms with E-state index in [1.54, 1.807) is 6.92 Å². The number of esters is 1. The fraction of sp³-hybridized carbons (Fsp3) is 0.385. The Morgan fingerprint density at radius 1 is 1.45 bits per heavy atom. The highest BCUT2D eigenvalue weighted by atomic mass is 16.6. The molecule has 0 aliphatic rings. The Balaban J connectivity index is 2.62. The van der Waals surface area contributed by atoms with Gasteiger partial charge in [0.25, 0.3) is 0 Å². The highest BCUT2D eigenvalue weighted by molar-refractivity contribution is 5.83. The third-order valence-corrected chi connectivity index (χ3v) is 2.43. The maximum absolute atomic E-state index is 11.1. The van der Waals surface area contributed by atoms with Crippen LogP contribution in [0, 0.1) is 10.1 Å². The summed E-state index contributed by atoms with van der Waals surface area (Å²) < 4.78 is 10.0. The zero-order chi connectivity index (χ0) is 15.0. The number of benzene rings is 1. The van der Waals surface area contributed by atoms with Gasteiger partial charge in [-0.2, -0.15) is 0 Å². The van der Waals surface area contributed by atoms with Crippen LogP contribution in [0.5, 0.6) is 5.75 Å². The summed E-state index contributed by atoms with van der Waals surface area (Å²) in [5.74, 6) is -0.323. The van der Waals surface area contributed by atoms with Crippen molar-refractivity contribution in [2.24, 2.45) is 0 Å². The number of carbonyl (C=O) groups is 2. The Hall–Kier alpha value is -2.44. The number of hydrogen-bond donors (Lipinski definition) is 0. The van der Waals surface area contributed by atoms with Gasteiger partial charge in [0.2, 0.25) is 0 Å². The Morgan fingerprint density at radius 2 is 2.20 bits per heavy atom. The van der Waals surface area contributed by atoms with Crippen molar-refractivity contribution in [1.29, 1.82) is 0 Å². The van der Waals surface area contributed by atoms with Crippen LogP contribution in [-0.4, -0.2) is 30.4 Å². The molecule has 0 spiro atoms. The SMILES string of the molecule is CCOC(=O)CCCOc1cccc(C=O)c1[N+](=O)[O-]. The van der Waals surface area contributed by atoms with Gasteiger partial charge in [-0.15, -0.1) is 0 Å². The van der Waals surface area contributed by atoms with Crippen molar-refractivity contribution < 1.29 is 24.0 Å². The van der Waals surface area contributed by atoms with Gasteiger partial charge in [-0.05, 0) is 25.5 Å². The van der Waals surface area contributed by atoms with Crippen molar-refractivity contribution in [3.8, 4) is 5.75 Å². The minimum Gasteiger partial charge on any atom is -0.487 e. The molecule has 0 bridgehead atoms. The van der Waals surface area contributed by atoms with E-state index in [0.717, 1.165) is 0 Å². The lowest BCUT2D eigenvalue weighted by Gasteiger charge is -2.07. The number of nitrogens with zero attached hydrogens (tertiary/aromatic N) is 1. The molecule has 0 atom stereocenters. The van der Waals surface area contributed by atoms with E-state index in [9.17, 15) is 19.7 Å². The zero-order valence-electron chi connectivity index (χ0n) is 11.0. The molecule has 7 heteroatoms. The summed E-state index contributed by atoms with van der Waals surface area (Å²) >= 11 is 0. The first-order valence-corrected chi connectivity index (χ1v) is 6.11. The third-order valence-electron chi connectivity index (χ3n) is 2.43. The Kier molecular flexibility index (Phi) is 6.15. The van der Waals surface area contributed by atoms with Gasteiger partial charge in [-0.25, -0.2) is 0 Å². The van der Waals surface area contributed by atoms with Crippen molar-refractivity contribution in [3.63, 3.8) is 0 Å². The van der Waals surface area contributed by atoms with Crippen LogP contribution in [-0.2, 0) is 9.53 Å². The van der Waals surface area contributed by atoms with Gasteiger partial charge >= 0.3 is 11.7 Å². The molecule has 0 amide bonds. The maximum Gasteiger partial charge on any atom is 0.321 e. The van der Waals surface area contributed by atoms with E-state index in [4.69, 9.17) is 9.47 Å². The summed E-state index contributed by atoms with van der Waals surface area (Å²) in [6.45, 7) is 2.15. The summed E-state index contributed by atoms with van der Waals surface area (Å²) in [5.41, 5.74) is -0.406. The second-order valence-corrected chi connectivity index (χ2v) is 3.83. The molecule has 1 rings (SSSR count). The predicted octanol–water partition coefficient (Wildman–Crippen LogP) is 2.13. The van der Waals surface area contributed by atoms with Crippen molar-refractivity contribution >= 4 is 17.9 Å². The second-order valence-electron chi connectivity index (χ2n) is 3.83. The third kappa shape index (κ3) is 4.34. The van der Waals surface area contributed by atoms with Gasteiger partial charge in [-0.1, -0.05) is 6.07 Å². The first kappa shape index (κ1) is 15.6. The first-order chi connectivity index (χ1) is 9.60. The van der Waals surface area contributed by atoms with Gasteiger partial charge in [-0.3, -0.25) is 19.7 Å². The van der Waals surface area contributed by atoms with E-state index >= 15 is 0 Å². The van der Waals surface area contributed by atoms with E-state index in [2.05, 4.69) is 0 Å².